The Morgan fingerprint density at radius 1 is 1.32 bits per heavy atom. The first-order chi connectivity index (χ1) is 8.64. The molecule has 104 valence electrons. The van der Waals surface area contributed by atoms with Crippen molar-refractivity contribution in [1.82, 2.24) is 4.31 Å². The summed E-state index contributed by atoms with van der Waals surface area (Å²) in [5, 5.41) is 11.0. The van der Waals surface area contributed by atoms with Crippen LogP contribution in [0.5, 0.6) is 0 Å². The molecule has 0 radical (unpaired) electrons. The molecule has 1 unspecified atom stereocenters. The molecular weight excluding hydrogens is 268 g/mol. The van der Waals surface area contributed by atoms with Gasteiger partial charge in [-0.1, -0.05) is 18.2 Å². The van der Waals surface area contributed by atoms with Gasteiger partial charge in [-0.15, -0.1) is 0 Å². The Hall–Kier alpha value is -1.47. The minimum absolute atomic E-state index is 0.0309. The quantitative estimate of drug-likeness (QED) is 0.615. The lowest BCUT2D eigenvalue weighted by molar-refractivity contribution is -0.386. The zero-order valence-corrected chi connectivity index (χ0v) is 11.8. The molecule has 1 aromatic carbocycles. The fourth-order valence-corrected chi connectivity index (χ4v) is 4.53. The number of nitro groups is 1. The number of sulfonamides is 1. The van der Waals surface area contributed by atoms with Crippen molar-refractivity contribution in [2.75, 3.05) is 5.75 Å². The van der Waals surface area contributed by atoms with E-state index in [4.69, 9.17) is 0 Å². The maximum Gasteiger partial charge on any atom is 0.274 e. The smallest absolute Gasteiger partial charge is 0.258 e. The fourth-order valence-electron chi connectivity index (χ4n) is 2.49. The second-order valence-electron chi connectivity index (χ2n) is 5.58. The van der Waals surface area contributed by atoms with Crippen molar-refractivity contribution in [2.45, 2.75) is 32.4 Å². The van der Waals surface area contributed by atoms with E-state index in [0.717, 1.165) is 0 Å². The minimum Gasteiger partial charge on any atom is -0.258 e. The number of nitro benzene ring substituents is 1. The Kier molecular flexibility index (Phi) is 3.14. The highest BCUT2D eigenvalue weighted by Crippen LogP contribution is 2.43. The van der Waals surface area contributed by atoms with Gasteiger partial charge in [-0.2, -0.15) is 4.31 Å². The molecule has 1 heterocycles. The summed E-state index contributed by atoms with van der Waals surface area (Å²) in [4.78, 5) is 10.6. The second-order valence-corrected chi connectivity index (χ2v) is 7.47. The number of benzene rings is 1. The lowest BCUT2D eigenvalue weighted by Crippen LogP contribution is -2.58. The van der Waals surface area contributed by atoms with E-state index in [9.17, 15) is 18.5 Å². The van der Waals surface area contributed by atoms with Gasteiger partial charge in [-0.25, -0.2) is 8.42 Å². The molecule has 1 saturated heterocycles. The summed E-state index contributed by atoms with van der Waals surface area (Å²) in [6, 6.07) is 5.84. The number of hydrogen-bond donors (Lipinski definition) is 0. The predicted molar refractivity (Wildman–Crippen MR) is 71.2 cm³/mol. The fraction of sp³-hybridized carbons (Fsp3) is 0.500. The lowest BCUT2D eigenvalue weighted by Gasteiger charge is -2.47. The summed E-state index contributed by atoms with van der Waals surface area (Å²) in [5.41, 5.74) is -0.167. The normalized spacial score (nSPS) is 22.8. The molecule has 7 heteroatoms. The monoisotopic (exact) mass is 284 g/mol. The summed E-state index contributed by atoms with van der Waals surface area (Å²) in [6.45, 7) is 5.35. The molecule has 0 bridgehead atoms. The molecule has 0 saturated carbocycles. The van der Waals surface area contributed by atoms with Crippen molar-refractivity contribution in [1.29, 1.82) is 0 Å². The van der Waals surface area contributed by atoms with Crippen LogP contribution in [0.15, 0.2) is 24.3 Å². The van der Waals surface area contributed by atoms with Crippen LogP contribution >= 0.6 is 0 Å². The molecule has 0 spiro atoms. The molecule has 1 aliphatic rings. The molecule has 0 aromatic heterocycles. The number of rotatable bonds is 2. The van der Waals surface area contributed by atoms with Crippen molar-refractivity contribution in [3.63, 3.8) is 0 Å². The average Bonchev–Trinajstić information content (AvgIpc) is 2.23. The van der Waals surface area contributed by atoms with Crippen LogP contribution < -0.4 is 0 Å². The van der Waals surface area contributed by atoms with Gasteiger partial charge in [-0.05, 0) is 20.8 Å². The van der Waals surface area contributed by atoms with Crippen molar-refractivity contribution in [2.24, 2.45) is 0 Å². The van der Waals surface area contributed by atoms with Crippen molar-refractivity contribution in [3.8, 4) is 0 Å². The SMILES string of the molecule is CC(C)(C)N1C(c2ccccc2[N+](=O)[O-])CS1(=O)=O. The van der Waals surface area contributed by atoms with E-state index in [-0.39, 0.29) is 11.4 Å². The zero-order valence-electron chi connectivity index (χ0n) is 11.0. The van der Waals surface area contributed by atoms with Crippen LogP contribution in [0.1, 0.15) is 32.4 Å². The maximum absolute atomic E-state index is 11.9. The Labute approximate surface area is 112 Å². The molecule has 6 nitrogen and oxygen atoms in total. The van der Waals surface area contributed by atoms with E-state index < -0.39 is 26.5 Å². The van der Waals surface area contributed by atoms with Crippen LogP contribution in [0.4, 0.5) is 5.69 Å². The molecule has 1 fully saturated rings. The van der Waals surface area contributed by atoms with Gasteiger partial charge >= 0.3 is 0 Å². The minimum atomic E-state index is -3.31. The maximum atomic E-state index is 11.9. The van der Waals surface area contributed by atoms with Crippen molar-refractivity contribution < 1.29 is 13.3 Å². The van der Waals surface area contributed by atoms with E-state index in [0.29, 0.717) is 5.56 Å². The van der Waals surface area contributed by atoms with E-state index >= 15 is 0 Å². The van der Waals surface area contributed by atoms with Gasteiger partial charge in [0.1, 0.15) is 0 Å². The first kappa shape index (κ1) is 14.0. The highest BCUT2D eigenvalue weighted by molar-refractivity contribution is 7.90. The predicted octanol–water partition coefficient (Wildman–Crippen LogP) is 2.08. The summed E-state index contributed by atoms with van der Waals surface area (Å²) in [5.74, 6) is -0.0743. The Balaban J connectivity index is 2.47. The van der Waals surface area contributed by atoms with Crippen molar-refractivity contribution >= 4 is 15.7 Å². The first-order valence-corrected chi connectivity index (χ1v) is 7.51. The van der Waals surface area contributed by atoms with E-state index in [2.05, 4.69) is 0 Å². The largest absolute Gasteiger partial charge is 0.274 e. The molecule has 1 aliphatic heterocycles. The van der Waals surface area contributed by atoms with Crippen LogP contribution in [0.3, 0.4) is 0 Å². The second kappa shape index (κ2) is 4.28. The van der Waals surface area contributed by atoms with Gasteiger partial charge in [0, 0.05) is 17.2 Å². The van der Waals surface area contributed by atoms with Gasteiger partial charge in [-0.3, -0.25) is 10.1 Å². The van der Waals surface area contributed by atoms with Crippen LogP contribution in [0.2, 0.25) is 0 Å². The third-order valence-corrected chi connectivity index (χ3v) is 5.24. The van der Waals surface area contributed by atoms with Crippen LogP contribution in [-0.2, 0) is 10.0 Å². The number of hydrogen-bond acceptors (Lipinski definition) is 4. The van der Waals surface area contributed by atoms with Gasteiger partial charge in [0.2, 0.25) is 10.0 Å². The number of para-hydroxylation sites is 1. The Morgan fingerprint density at radius 2 is 1.89 bits per heavy atom. The van der Waals surface area contributed by atoms with E-state index in [1.54, 1.807) is 39.0 Å². The van der Waals surface area contributed by atoms with Crippen LogP contribution in [0, 0.1) is 10.1 Å². The molecular formula is C12H16N2O4S. The van der Waals surface area contributed by atoms with Crippen LogP contribution in [-0.4, -0.2) is 28.9 Å². The molecule has 1 aromatic rings. The Morgan fingerprint density at radius 3 is 2.37 bits per heavy atom. The first-order valence-electron chi connectivity index (χ1n) is 5.90. The summed E-state index contributed by atoms with van der Waals surface area (Å²) < 4.78 is 25.1. The molecule has 19 heavy (non-hydrogen) atoms. The summed E-state index contributed by atoms with van der Waals surface area (Å²) in [6.07, 6.45) is 0. The van der Waals surface area contributed by atoms with E-state index in [1.165, 1.54) is 10.4 Å². The molecule has 0 amide bonds. The Bertz CT molecular complexity index is 619. The highest BCUT2D eigenvalue weighted by atomic mass is 32.2. The lowest BCUT2D eigenvalue weighted by atomic mass is 10.0. The highest BCUT2D eigenvalue weighted by Gasteiger charge is 2.51. The third kappa shape index (κ3) is 2.35. The summed E-state index contributed by atoms with van der Waals surface area (Å²) >= 11 is 0. The molecule has 2 rings (SSSR count). The average molecular weight is 284 g/mol. The van der Waals surface area contributed by atoms with E-state index in [1.807, 2.05) is 0 Å². The summed E-state index contributed by atoms with van der Waals surface area (Å²) in [7, 11) is -3.31. The third-order valence-electron chi connectivity index (χ3n) is 3.10. The standard InChI is InChI=1S/C12H16N2O4S/c1-12(2,3)13-11(8-19(13,17)18)9-6-4-5-7-10(9)14(15)16/h4-7,11H,8H2,1-3H3. The van der Waals surface area contributed by atoms with Crippen molar-refractivity contribution in [3.05, 3.63) is 39.9 Å². The number of nitrogens with zero attached hydrogens (tertiary/aromatic N) is 2. The van der Waals surface area contributed by atoms with Gasteiger partial charge < -0.3 is 0 Å². The zero-order chi connectivity index (χ0) is 14.4. The molecule has 0 N–H and O–H groups in total. The molecule has 1 atom stereocenters. The van der Waals surface area contributed by atoms with Crippen LogP contribution in [0.25, 0.3) is 0 Å². The topological polar surface area (TPSA) is 80.5 Å². The van der Waals surface area contributed by atoms with Gasteiger partial charge in [0.25, 0.3) is 5.69 Å². The molecule has 0 aliphatic carbocycles. The van der Waals surface area contributed by atoms with Gasteiger partial charge in [0.05, 0.1) is 16.7 Å². The van der Waals surface area contributed by atoms with Gasteiger partial charge in [0.15, 0.2) is 0 Å².